The summed E-state index contributed by atoms with van der Waals surface area (Å²) in [6.07, 6.45) is 0.832. The molecule has 23 heavy (non-hydrogen) atoms. The van der Waals surface area contributed by atoms with E-state index in [0.29, 0.717) is 11.1 Å². The third-order valence-corrected chi connectivity index (χ3v) is 3.56. The average Bonchev–Trinajstić information content (AvgIpc) is 2.64. The highest BCUT2D eigenvalue weighted by Gasteiger charge is 2.11. The molecular weight excluding hydrogens is 284 g/mol. The van der Waals surface area contributed by atoms with Crippen molar-refractivity contribution in [1.82, 2.24) is 0 Å². The van der Waals surface area contributed by atoms with E-state index in [0.717, 1.165) is 23.3 Å². The topological polar surface area (TPSA) is 44.1 Å². The Hall–Kier alpha value is -3.38. The van der Waals surface area contributed by atoms with Gasteiger partial charge in [0.25, 0.3) is 0 Å². The van der Waals surface area contributed by atoms with Crippen molar-refractivity contribution in [2.75, 3.05) is 4.90 Å². The maximum atomic E-state index is 10.9. The number of benzene rings is 3. The Kier molecular flexibility index (Phi) is 4.17. The van der Waals surface area contributed by atoms with Gasteiger partial charge in [0.1, 0.15) is 6.29 Å². The minimum atomic E-state index is 0.623. The van der Waals surface area contributed by atoms with Crippen molar-refractivity contribution in [3.63, 3.8) is 0 Å². The number of anilines is 3. The van der Waals surface area contributed by atoms with Gasteiger partial charge in [0, 0.05) is 22.6 Å². The minimum absolute atomic E-state index is 0.623. The van der Waals surface area contributed by atoms with E-state index in [2.05, 4.69) is 11.0 Å². The fourth-order valence-corrected chi connectivity index (χ4v) is 2.41. The lowest BCUT2D eigenvalue weighted by molar-refractivity contribution is 0.112. The molecule has 0 N–H and O–H groups in total. The molecule has 0 aromatic heterocycles. The summed E-state index contributed by atoms with van der Waals surface area (Å²) in [4.78, 5) is 12.9. The van der Waals surface area contributed by atoms with Gasteiger partial charge >= 0.3 is 0 Å². The van der Waals surface area contributed by atoms with E-state index in [1.54, 1.807) is 24.3 Å². The van der Waals surface area contributed by atoms with Crippen molar-refractivity contribution >= 4 is 23.3 Å². The van der Waals surface area contributed by atoms with Crippen LogP contribution in [0.25, 0.3) is 0 Å². The van der Waals surface area contributed by atoms with Gasteiger partial charge in [-0.1, -0.05) is 18.2 Å². The molecule has 3 aromatic rings. The number of hydrogen-bond donors (Lipinski definition) is 0. The van der Waals surface area contributed by atoms with Crippen LogP contribution in [0.1, 0.15) is 15.9 Å². The maximum Gasteiger partial charge on any atom is 0.150 e. The molecule has 3 heteroatoms. The quantitative estimate of drug-likeness (QED) is 0.647. The summed E-state index contributed by atoms with van der Waals surface area (Å²) in [5.41, 5.74) is 4.18. The number of rotatable bonds is 4. The van der Waals surface area contributed by atoms with E-state index in [-0.39, 0.29) is 0 Å². The predicted molar refractivity (Wildman–Crippen MR) is 91.2 cm³/mol. The molecule has 0 aliphatic carbocycles. The molecule has 0 saturated carbocycles. The highest BCUT2D eigenvalue weighted by Crippen LogP contribution is 2.34. The Balaban J connectivity index is 2.09. The molecular formula is C20H14N2O. The van der Waals surface area contributed by atoms with Crippen LogP contribution in [-0.2, 0) is 0 Å². The largest absolute Gasteiger partial charge is 0.311 e. The molecule has 3 aromatic carbocycles. The van der Waals surface area contributed by atoms with Gasteiger partial charge in [0.2, 0.25) is 0 Å². The second-order valence-corrected chi connectivity index (χ2v) is 5.04. The van der Waals surface area contributed by atoms with Crippen LogP contribution >= 0.6 is 0 Å². The molecule has 0 amide bonds. The number of nitriles is 1. The van der Waals surface area contributed by atoms with E-state index < -0.39 is 0 Å². The Bertz CT molecular complexity index is 832. The monoisotopic (exact) mass is 298 g/mol. The third kappa shape index (κ3) is 3.12. The highest BCUT2D eigenvalue weighted by atomic mass is 16.1. The minimum Gasteiger partial charge on any atom is -0.311 e. The van der Waals surface area contributed by atoms with Crippen molar-refractivity contribution in [2.24, 2.45) is 0 Å². The van der Waals surface area contributed by atoms with Gasteiger partial charge in [0.05, 0.1) is 11.6 Å². The van der Waals surface area contributed by atoms with Crippen LogP contribution in [0.4, 0.5) is 17.1 Å². The van der Waals surface area contributed by atoms with Gasteiger partial charge in [-0.15, -0.1) is 0 Å². The molecule has 3 nitrogen and oxygen atoms in total. The Morgan fingerprint density at radius 2 is 1.26 bits per heavy atom. The summed E-state index contributed by atoms with van der Waals surface area (Å²) >= 11 is 0. The summed E-state index contributed by atoms with van der Waals surface area (Å²) in [6.45, 7) is 0. The lowest BCUT2D eigenvalue weighted by Crippen LogP contribution is -2.09. The van der Waals surface area contributed by atoms with E-state index in [1.165, 1.54) is 0 Å². The van der Waals surface area contributed by atoms with Crippen molar-refractivity contribution in [3.05, 3.63) is 90.0 Å². The smallest absolute Gasteiger partial charge is 0.150 e. The van der Waals surface area contributed by atoms with Gasteiger partial charge in [-0.2, -0.15) is 5.26 Å². The molecule has 3 rings (SSSR count). The van der Waals surface area contributed by atoms with Crippen molar-refractivity contribution in [1.29, 1.82) is 5.26 Å². The fourth-order valence-electron chi connectivity index (χ4n) is 2.41. The molecule has 0 saturated heterocycles. The molecule has 0 heterocycles. The number of carbonyl (C=O) groups is 1. The second kappa shape index (κ2) is 6.59. The van der Waals surface area contributed by atoms with Crippen LogP contribution in [0, 0.1) is 11.3 Å². The lowest BCUT2D eigenvalue weighted by Gasteiger charge is -2.25. The standard InChI is InChI=1S/C20H14N2O/c21-14-16-6-10-19(11-7-16)22(18-4-2-1-3-5-18)20-12-8-17(15-23)9-13-20/h1-13,15H. The van der Waals surface area contributed by atoms with Gasteiger partial charge in [-0.3, -0.25) is 4.79 Å². The van der Waals surface area contributed by atoms with Crippen molar-refractivity contribution in [2.45, 2.75) is 0 Å². The van der Waals surface area contributed by atoms with Crippen molar-refractivity contribution < 1.29 is 4.79 Å². The molecule has 0 radical (unpaired) electrons. The van der Waals surface area contributed by atoms with Crippen LogP contribution in [0.3, 0.4) is 0 Å². The zero-order valence-corrected chi connectivity index (χ0v) is 12.4. The number of para-hydroxylation sites is 1. The number of hydrogen-bond acceptors (Lipinski definition) is 3. The van der Waals surface area contributed by atoms with E-state index in [4.69, 9.17) is 5.26 Å². The summed E-state index contributed by atoms with van der Waals surface area (Å²) < 4.78 is 0. The molecule has 0 atom stereocenters. The van der Waals surface area contributed by atoms with Crippen LogP contribution in [0.5, 0.6) is 0 Å². The average molecular weight is 298 g/mol. The first kappa shape index (κ1) is 14.6. The van der Waals surface area contributed by atoms with Crippen LogP contribution < -0.4 is 4.90 Å². The fraction of sp³-hybridized carbons (Fsp3) is 0. The first-order chi connectivity index (χ1) is 11.3. The van der Waals surface area contributed by atoms with Gasteiger partial charge in [-0.05, 0) is 60.7 Å². The van der Waals surface area contributed by atoms with E-state index in [1.807, 2.05) is 54.6 Å². The SMILES string of the molecule is N#Cc1ccc(N(c2ccccc2)c2ccc(C=O)cc2)cc1. The first-order valence-corrected chi connectivity index (χ1v) is 7.22. The number of nitrogens with zero attached hydrogens (tertiary/aromatic N) is 2. The normalized spacial score (nSPS) is 9.87. The van der Waals surface area contributed by atoms with Gasteiger partial charge in [-0.25, -0.2) is 0 Å². The molecule has 0 aliphatic rings. The second-order valence-electron chi connectivity index (χ2n) is 5.04. The van der Waals surface area contributed by atoms with Gasteiger partial charge in [0.15, 0.2) is 0 Å². The molecule has 110 valence electrons. The third-order valence-electron chi connectivity index (χ3n) is 3.56. The molecule has 0 unspecified atom stereocenters. The zero-order valence-electron chi connectivity index (χ0n) is 12.4. The Labute approximate surface area is 135 Å². The summed E-state index contributed by atoms with van der Waals surface area (Å²) in [5, 5.41) is 8.96. The van der Waals surface area contributed by atoms with E-state index in [9.17, 15) is 4.79 Å². The molecule has 0 fully saturated rings. The van der Waals surface area contributed by atoms with Crippen LogP contribution in [0.2, 0.25) is 0 Å². The Morgan fingerprint density at radius 1 is 0.739 bits per heavy atom. The lowest BCUT2D eigenvalue weighted by atomic mass is 10.1. The molecule has 0 bridgehead atoms. The van der Waals surface area contributed by atoms with Crippen molar-refractivity contribution in [3.8, 4) is 6.07 Å². The summed E-state index contributed by atoms with van der Waals surface area (Å²) in [5.74, 6) is 0. The highest BCUT2D eigenvalue weighted by molar-refractivity contribution is 5.80. The van der Waals surface area contributed by atoms with Crippen LogP contribution in [0.15, 0.2) is 78.9 Å². The Morgan fingerprint density at radius 3 is 1.78 bits per heavy atom. The maximum absolute atomic E-state index is 10.9. The number of carbonyl (C=O) groups excluding carboxylic acids is 1. The van der Waals surface area contributed by atoms with Gasteiger partial charge < -0.3 is 4.90 Å². The zero-order chi connectivity index (χ0) is 16.1. The molecule has 0 spiro atoms. The summed E-state index contributed by atoms with van der Waals surface area (Å²) in [6, 6.07) is 26.9. The predicted octanol–water partition coefficient (Wildman–Crippen LogP) is 4.84. The number of aldehydes is 1. The summed E-state index contributed by atoms with van der Waals surface area (Å²) in [7, 11) is 0. The first-order valence-electron chi connectivity index (χ1n) is 7.22. The van der Waals surface area contributed by atoms with Crippen LogP contribution in [-0.4, -0.2) is 6.29 Å². The van der Waals surface area contributed by atoms with E-state index >= 15 is 0 Å². The molecule has 0 aliphatic heterocycles.